The fourth-order valence-electron chi connectivity index (χ4n) is 2.52. The zero-order valence-corrected chi connectivity index (χ0v) is 11.5. The highest BCUT2D eigenvalue weighted by atomic mass is 32.1. The maximum Gasteiger partial charge on any atom is 0.256 e. The molecule has 1 aromatic carbocycles. The molecule has 1 aliphatic heterocycles. The van der Waals surface area contributed by atoms with Crippen LogP contribution in [0.1, 0.15) is 23.2 Å². The molecule has 7 heteroatoms. The number of carbonyl (C=O) groups is 1. The zero-order chi connectivity index (χ0) is 14.3. The Hall–Kier alpha value is -1.73. The maximum atomic E-state index is 13.6. The van der Waals surface area contributed by atoms with Crippen LogP contribution < -0.4 is 0 Å². The zero-order valence-electron chi connectivity index (χ0n) is 10.6. The van der Waals surface area contributed by atoms with Gasteiger partial charge in [0.15, 0.2) is 4.77 Å². The first-order valence-electron chi connectivity index (χ1n) is 6.43. The lowest BCUT2D eigenvalue weighted by molar-refractivity contribution is 0.0547. The summed E-state index contributed by atoms with van der Waals surface area (Å²) in [5.41, 5.74) is 1.27. The summed E-state index contributed by atoms with van der Waals surface area (Å²) in [6, 6.07) is 2.52. The van der Waals surface area contributed by atoms with Gasteiger partial charge in [-0.05, 0) is 37.2 Å². The smallest absolute Gasteiger partial charge is 0.256 e. The van der Waals surface area contributed by atoms with Gasteiger partial charge >= 0.3 is 0 Å². The predicted octanol–water partition coefficient (Wildman–Crippen LogP) is 1.96. The highest BCUT2D eigenvalue weighted by Gasteiger charge is 2.24. The van der Waals surface area contributed by atoms with E-state index in [9.17, 15) is 14.3 Å². The quantitative estimate of drug-likeness (QED) is 0.704. The van der Waals surface area contributed by atoms with Crippen LogP contribution in [0.2, 0.25) is 0 Å². The van der Waals surface area contributed by atoms with Crippen molar-refractivity contribution in [1.82, 2.24) is 14.9 Å². The summed E-state index contributed by atoms with van der Waals surface area (Å²) in [6.45, 7) is 0.951. The molecule has 2 aromatic rings. The lowest BCUT2D eigenvalue weighted by Crippen LogP contribution is -2.40. The van der Waals surface area contributed by atoms with Gasteiger partial charge in [-0.3, -0.25) is 4.79 Å². The topological polar surface area (TPSA) is 72.1 Å². The Labute approximate surface area is 119 Å². The number of piperidine rings is 1. The Morgan fingerprint density at radius 1 is 1.35 bits per heavy atom. The van der Waals surface area contributed by atoms with E-state index < -0.39 is 5.82 Å². The summed E-state index contributed by atoms with van der Waals surface area (Å²) in [5, 5.41) is 9.48. The second-order valence-corrected chi connectivity index (χ2v) is 5.39. The molecule has 20 heavy (non-hydrogen) atoms. The minimum atomic E-state index is -0.483. The molecule has 1 aromatic heterocycles. The van der Waals surface area contributed by atoms with E-state index in [1.54, 1.807) is 4.90 Å². The molecule has 1 aliphatic rings. The number of H-pyrrole nitrogens is 2. The average Bonchev–Trinajstić information content (AvgIpc) is 2.78. The molecule has 0 unspecified atom stereocenters. The van der Waals surface area contributed by atoms with Crippen molar-refractivity contribution in [2.24, 2.45) is 0 Å². The third-order valence-corrected chi connectivity index (χ3v) is 3.78. The van der Waals surface area contributed by atoms with E-state index in [0.717, 1.165) is 0 Å². The number of nitrogens with zero attached hydrogens (tertiary/aromatic N) is 1. The monoisotopic (exact) mass is 295 g/mol. The fourth-order valence-corrected chi connectivity index (χ4v) is 2.73. The van der Waals surface area contributed by atoms with Crippen LogP contribution >= 0.6 is 12.2 Å². The average molecular weight is 295 g/mol. The molecule has 0 aliphatic carbocycles. The number of amides is 1. The van der Waals surface area contributed by atoms with Gasteiger partial charge in [0, 0.05) is 13.1 Å². The molecule has 0 radical (unpaired) electrons. The van der Waals surface area contributed by atoms with Crippen LogP contribution in [0.4, 0.5) is 4.39 Å². The molecule has 0 saturated carbocycles. The minimum absolute atomic E-state index is 0.244. The van der Waals surface area contributed by atoms with Crippen molar-refractivity contribution >= 4 is 29.2 Å². The van der Waals surface area contributed by atoms with E-state index in [2.05, 4.69) is 9.97 Å². The minimum Gasteiger partial charge on any atom is -0.393 e. The van der Waals surface area contributed by atoms with Crippen LogP contribution in [0.3, 0.4) is 0 Å². The maximum absolute atomic E-state index is 13.6. The third kappa shape index (κ3) is 2.34. The summed E-state index contributed by atoms with van der Waals surface area (Å²) in [5.74, 6) is -0.727. The Morgan fingerprint density at radius 3 is 2.75 bits per heavy atom. The number of fused-ring (bicyclic) bond motifs is 1. The summed E-state index contributed by atoms with van der Waals surface area (Å²) in [4.78, 5) is 19.8. The first-order chi connectivity index (χ1) is 9.54. The molecule has 1 amide bonds. The molecular weight excluding hydrogens is 281 g/mol. The standard InChI is InChI=1S/C13H14FN3O2S/c14-7-5-9(11-10(6-7)15-13(20)16-11)12(19)17-3-1-8(18)2-4-17/h5-6,8,18H,1-4H2,(H2,15,16,20). The van der Waals surface area contributed by atoms with Crippen molar-refractivity contribution < 1.29 is 14.3 Å². The van der Waals surface area contributed by atoms with Gasteiger partial charge in [0.2, 0.25) is 0 Å². The molecule has 5 nitrogen and oxygen atoms in total. The van der Waals surface area contributed by atoms with E-state index in [-0.39, 0.29) is 17.6 Å². The van der Waals surface area contributed by atoms with Crippen molar-refractivity contribution in [2.75, 3.05) is 13.1 Å². The summed E-state index contributed by atoms with van der Waals surface area (Å²) in [7, 11) is 0. The first-order valence-corrected chi connectivity index (χ1v) is 6.84. The summed E-state index contributed by atoms with van der Waals surface area (Å²) >= 11 is 4.98. The SMILES string of the molecule is O=C(c1cc(F)cc2[nH]c(=S)[nH]c12)N1CCC(O)CC1. The molecule has 0 spiro atoms. The number of imidazole rings is 1. The van der Waals surface area contributed by atoms with Gasteiger partial charge in [-0.15, -0.1) is 0 Å². The first kappa shape index (κ1) is 13.3. The van der Waals surface area contributed by atoms with Crippen molar-refractivity contribution in [3.63, 3.8) is 0 Å². The van der Waals surface area contributed by atoms with E-state index in [4.69, 9.17) is 12.2 Å². The summed E-state index contributed by atoms with van der Waals surface area (Å²) in [6.07, 6.45) is 0.741. The van der Waals surface area contributed by atoms with Gasteiger partial charge in [0.05, 0.1) is 22.7 Å². The molecular formula is C13H14FN3O2S. The Bertz CT molecular complexity index is 716. The van der Waals surface area contributed by atoms with Gasteiger partial charge in [0.1, 0.15) is 5.82 Å². The van der Waals surface area contributed by atoms with E-state index in [0.29, 0.717) is 41.7 Å². The molecule has 3 rings (SSSR count). The van der Waals surface area contributed by atoms with Gasteiger partial charge in [-0.25, -0.2) is 4.39 Å². The second kappa shape index (κ2) is 4.99. The Morgan fingerprint density at radius 2 is 2.05 bits per heavy atom. The number of aromatic nitrogens is 2. The number of benzene rings is 1. The largest absolute Gasteiger partial charge is 0.393 e. The predicted molar refractivity (Wildman–Crippen MR) is 74.6 cm³/mol. The van der Waals surface area contributed by atoms with Crippen LogP contribution in [-0.2, 0) is 0 Å². The van der Waals surface area contributed by atoms with Crippen molar-refractivity contribution in [3.05, 3.63) is 28.3 Å². The van der Waals surface area contributed by atoms with Crippen LogP contribution in [0.5, 0.6) is 0 Å². The number of hydrogen-bond donors (Lipinski definition) is 3. The van der Waals surface area contributed by atoms with Gasteiger partial charge in [-0.2, -0.15) is 0 Å². The van der Waals surface area contributed by atoms with Crippen LogP contribution in [0, 0.1) is 10.6 Å². The number of hydrogen-bond acceptors (Lipinski definition) is 3. The van der Waals surface area contributed by atoms with Crippen molar-refractivity contribution in [2.45, 2.75) is 18.9 Å². The second-order valence-electron chi connectivity index (χ2n) is 4.98. The van der Waals surface area contributed by atoms with Gasteiger partial charge in [0.25, 0.3) is 5.91 Å². The number of rotatable bonds is 1. The third-order valence-electron chi connectivity index (χ3n) is 3.57. The number of carbonyl (C=O) groups excluding carboxylic acids is 1. The number of aliphatic hydroxyl groups is 1. The van der Waals surface area contributed by atoms with Crippen LogP contribution in [-0.4, -0.2) is 45.1 Å². The van der Waals surface area contributed by atoms with Crippen LogP contribution in [0.15, 0.2) is 12.1 Å². The lowest BCUT2D eigenvalue weighted by atomic mass is 10.1. The van der Waals surface area contributed by atoms with E-state index in [1.807, 2.05) is 0 Å². The molecule has 0 atom stereocenters. The van der Waals surface area contributed by atoms with E-state index in [1.165, 1.54) is 12.1 Å². The highest BCUT2D eigenvalue weighted by molar-refractivity contribution is 7.71. The normalized spacial score (nSPS) is 16.8. The van der Waals surface area contributed by atoms with Crippen molar-refractivity contribution in [3.8, 4) is 0 Å². The summed E-state index contributed by atoms with van der Waals surface area (Å²) < 4.78 is 14.0. The van der Waals surface area contributed by atoms with Gasteiger partial charge in [-0.1, -0.05) is 0 Å². The highest BCUT2D eigenvalue weighted by Crippen LogP contribution is 2.21. The fraction of sp³-hybridized carbons (Fsp3) is 0.385. The molecule has 0 bridgehead atoms. The molecule has 106 valence electrons. The number of nitrogens with one attached hydrogen (secondary N) is 2. The Kier molecular flexibility index (Phi) is 3.31. The van der Waals surface area contributed by atoms with Crippen LogP contribution in [0.25, 0.3) is 11.0 Å². The molecule has 2 heterocycles. The number of halogens is 1. The molecule has 3 N–H and O–H groups in total. The Balaban J connectivity index is 2.00. The lowest BCUT2D eigenvalue weighted by Gasteiger charge is -2.29. The van der Waals surface area contributed by atoms with Crippen molar-refractivity contribution in [1.29, 1.82) is 0 Å². The van der Waals surface area contributed by atoms with E-state index >= 15 is 0 Å². The number of aromatic amines is 2. The molecule has 1 saturated heterocycles. The molecule has 1 fully saturated rings. The number of likely N-dealkylation sites (tertiary alicyclic amines) is 1. The van der Waals surface area contributed by atoms with Gasteiger partial charge < -0.3 is 20.0 Å². The number of aliphatic hydroxyl groups excluding tert-OH is 1.